The Balaban J connectivity index is 1.55. The molecule has 8 heteroatoms. The smallest absolute Gasteiger partial charge is 0.146 e. The van der Waals surface area contributed by atoms with Crippen LogP contribution in [0, 0.1) is 12.7 Å². The lowest BCUT2D eigenvalue weighted by molar-refractivity contribution is 0.225. The third kappa shape index (κ3) is 4.36. The minimum atomic E-state index is -0.270. The molecule has 0 aliphatic carbocycles. The highest BCUT2D eigenvalue weighted by Crippen LogP contribution is 2.35. The Morgan fingerprint density at radius 3 is 2.69 bits per heavy atom. The van der Waals surface area contributed by atoms with Crippen LogP contribution in [0.1, 0.15) is 17.8 Å². The number of halogens is 1. The Kier molecular flexibility index (Phi) is 5.60. The van der Waals surface area contributed by atoms with Crippen LogP contribution in [0.4, 0.5) is 10.2 Å². The number of aromatic nitrogens is 4. The van der Waals surface area contributed by atoms with Gasteiger partial charge in [-0.15, -0.1) is 0 Å². The molecule has 1 aliphatic heterocycles. The molecule has 1 saturated heterocycles. The molecule has 1 aliphatic rings. The number of anilines is 1. The molecular formula is C24H23FN6O. The van der Waals surface area contributed by atoms with E-state index in [2.05, 4.69) is 30.8 Å². The highest BCUT2D eigenvalue weighted by molar-refractivity contribution is 5.96. The Morgan fingerprint density at radius 1 is 1.06 bits per heavy atom. The van der Waals surface area contributed by atoms with Gasteiger partial charge in [-0.05, 0) is 67.4 Å². The van der Waals surface area contributed by atoms with E-state index in [9.17, 15) is 4.39 Å². The van der Waals surface area contributed by atoms with Gasteiger partial charge >= 0.3 is 0 Å². The van der Waals surface area contributed by atoms with Crippen LogP contribution in [-0.2, 0) is 6.54 Å². The minimum Gasteiger partial charge on any atom is -0.487 e. The first kappa shape index (κ1) is 20.3. The standard InChI is InChI=1S/C24H23FN6O/c1-15-2-7-19(31-30-15)12-27-24-21-10-17(16-3-5-18(25)6-4-16)11-22(23(21)28-14-29-24)32-20-8-9-26-13-20/h2-7,10-11,14,20,26H,8-9,12-13H2,1H3,(H,27,28,29). The van der Waals surface area contributed by atoms with Crippen LogP contribution in [0.5, 0.6) is 5.75 Å². The topological polar surface area (TPSA) is 84.9 Å². The Labute approximate surface area is 185 Å². The van der Waals surface area contributed by atoms with E-state index in [-0.39, 0.29) is 11.9 Å². The summed E-state index contributed by atoms with van der Waals surface area (Å²) in [5.74, 6) is 1.10. The first-order valence-electron chi connectivity index (χ1n) is 10.6. The fourth-order valence-electron chi connectivity index (χ4n) is 3.78. The second-order valence-corrected chi connectivity index (χ2v) is 7.85. The predicted molar refractivity (Wildman–Crippen MR) is 121 cm³/mol. The summed E-state index contributed by atoms with van der Waals surface area (Å²) in [7, 11) is 0. The number of nitrogens with zero attached hydrogens (tertiary/aromatic N) is 4. The zero-order chi connectivity index (χ0) is 21.9. The van der Waals surface area contributed by atoms with Gasteiger partial charge in [0.15, 0.2) is 0 Å². The summed E-state index contributed by atoms with van der Waals surface area (Å²) >= 11 is 0. The molecule has 3 heterocycles. The van der Waals surface area contributed by atoms with E-state index in [0.29, 0.717) is 18.1 Å². The van der Waals surface area contributed by atoms with Gasteiger partial charge in [-0.25, -0.2) is 14.4 Å². The zero-order valence-electron chi connectivity index (χ0n) is 17.7. The van der Waals surface area contributed by atoms with Crippen molar-refractivity contribution in [3.63, 3.8) is 0 Å². The molecule has 7 nitrogen and oxygen atoms in total. The van der Waals surface area contributed by atoms with Gasteiger partial charge in [0.2, 0.25) is 0 Å². The molecule has 162 valence electrons. The van der Waals surface area contributed by atoms with Crippen molar-refractivity contribution in [2.24, 2.45) is 0 Å². The Bertz CT molecular complexity index is 1220. The van der Waals surface area contributed by atoms with Crippen molar-refractivity contribution in [1.82, 2.24) is 25.5 Å². The molecule has 0 radical (unpaired) electrons. The van der Waals surface area contributed by atoms with Gasteiger partial charge in [-0.2, -0.15) is 10.2 Å². The zero-order valence-corrected chi connectivity index (χ0v) is 17.7. The molecule has 0 amide bonds. The van der Waals surface area contributed by atoms with Gasteiger partial charge in [0.05, 0.1) is 17.9 Å². The van der Waals surface area contributed by atoms with E-state index in [4.69, 9.17) is 4.74 Å². The van der Waals surface area contributed by atoms with Crippen LogP contribution >= 0.6 is 0 Å². The summed E-state index contributed by atoms with van der Waals surface area (Å²) in [6.07, 6.45) is 2.55. The van der Waals surface area contributed by atoms with Crippen LogP contribution in [0.25, 0.3) is 22.0 Å². The normalized spacial score (nSPS) is 15.8. The van der Waals surface area contributed by atoms with Crippen molar-refractivity contribution in [1.29, 1.82) is 0 Å². The molecule has 1 unspecified atom stereocenters. The molecule has 0 spiro atoms. The first-order valence-corrected chi connectivity index (χ1v) is 10.6. The van der Waals surface area contributed by atoms with Gasteiger partial charge in [0.25, 0.3) is 0 Å². The molecule has 0 bridgehead atoms. The van der Waals surface area contributed by atoms with Gasteiger partial charge in [0.1, 0.15) is 35.3 Å². The van der Waals surface area contributed by atoms with Crippen molar-refractivity contribution in [3.05, 3.63) is 72.1 Å². The molecule has 2 aromatic heterocycles. The summed E-state index contributed by atoms with van der Waals surface area (Å²) in [4.78, 5) is 8.98. The van der Waals surface area contributed by atoms with Crippen LogP contribution in [0.15, 0.2) is 54.9 Å². The molecule has 5 rings (SSSR count). The molecule has 2 N–H and O–H groups in total. The van der Waals surface area contributed by atoms with Crippen molar-refractivity contribution < 1.29 is 9.13 Å². The maximum Gasteiger partial charge on any atom is 0.146 e. The van der Waals surface area contributed by atoms with Crippen molar-refractivity contribution >= 4 is 16.7 Å². The van der Waals surface area contributed by atoms with Crippen LogP contribution in [0.3, 0.4) is 0 Å². The minimum absolute atomic E-state index is 0.0795. The second kappa shape index (κ2) is 8.84. The van der Waals surface area contributed by atoms with E-state index in [0.717, 1.165) is 52.9 Å². The number of nitrogens with one attached hydrogen (secondary N) is 2. The molecule has 32 heavy (non-hydrogen) atoms. The number of fused-ring (bicyclic) bond motifs is 1. The summed E-state index contributed by atoms with van der Waals surface area (Å²) in [5.41, 5.74) is 4.21. The molecule has 1 fully saturated rings. The lowest BCUT2D eigenvalue weighted by Gasteiger charge is -2.17. The van der Waals surface area contributed by atoms with Gasteiger partial charge in [-0.1, -0.05) is 12.1 Å². The van der Waals surface area contributed by atoms with Crippen LogP contribution in [0.2, 0.25) is 0 Å². The summed E-state index contributed by atoms with van der Waals surface area (Å²) in [6.45, 7) is 4.10. The number of benzene rings is 2. The maximum absolute atomic E-state index is 13.5. The third-order valence-corrected chi connectivity index (χ3v) is 5.48. The predicted octanol–water partition coefficient (Wildman–Crippen LogP) is 3.89. The highest BCUT2D eigenvalue weighted by Gasteiger charge is 2.19. The average Bonchev–Trinajstić information content (AvgIpc) is 3.32. The monoisotopic (exact) mass is 430 g/mol. The van der Waals surface area contributed by atoms with E-state index < -0.39 is 0 Å². The van der Waals surface area contributed by atoms with E-state index in [1.165, 1.54) is 18.5 Å². The van der Waals surface area contributed by atoms with Gasteiger partial charge < -0.3 is 15.4 Å². The van der Waals surface area contributed by atoms with Crippen LogP contribution < -0.4 is 15.4 Å². The van der Waals surface area contributed by atoms with E-state index >= 15 is 0 Å². The number of hydrogen-bond donors (Lipinski definition) is 2. The van der Waals surface area contributed by atoms with E-state index in [1.807, 2.05) is 31.2 Å². The van der Waals surface area contributed by atoms with Crippen LogP contribution in [-0.4, -0.2) is 39.4 Å². The number of rotatable bonds is 6. The lowest BCUT2D eigenvalue weighted by Crippen LogP contribution is -2.19. The molecular weight excluding hydrogens is 407 g/mol. The number of ether oxygens (including phenoxy) is 1. The third-order valence-electron chi connectivity index (χ3n) is 5.48. The first-order chi connectivity index (χ1) is 15.7. The Morgan fingerprint density at radius 2 is 1.94 bits per heavy atom. The van der Waals surface area contributed by atoms with Crippen molar-refractivity contribution in [3.8, 4) is 16.9 Å². The number of hydrogen-bond acceptors (Lipinski definition) is 7. The molecule has 4 aromatic rings. The SMILES string of the molecule is Cc1ccc(CNc2ncnc3c(OC4CCNC4)cc(-c4ccc(F)cc4)cc23)nn1. The van der Waals surface area contributed by atoms with Gasteiger partial charge in [0, 0.05) is 11.9 Å². The summed E-state index contributed by atoms with van der Waals surface area (Å²) in [6, 6.07) is 14.3. The van der Waals surface area contributed by atoms with Crippen molar-refractivity contribution in [2.75, 3.05) is 18.4 Å². The molecule has 2 aromatic carbocycles. The summed E-state index contributed by atoms with van der Waals surface area (Å²) in [5, 5.41) is 15.8. The van der Waals surface area contributed by atoms with Crippen molar-refractivity contribution in [2.45, 2.75) is 26.0 Å². The summed E-state index contributed by atoms with van der Waals surface area (Å²) < 4.78 is 19.8. The maximum atomic E-state index is 13.5. The molecule has 1 atom stereocenters. The van der Waals surface area contributed by atoms with Gasteiger partial charge in [-0.3, -0.25) is 0 Å². The average molecular weight is 430 g/mol. The van der Waals surface area contributed by atoms with E-state index in [1.54, 1.807) is 12.1 Å². The second-order valence-electron chi connectivity index (χ2n) is 7.85. The highest BCUT2D eigenvalue weighted by atomic mass is 19.1. The number of aryl methyl sites for hydroxylation is 1. The largest absolute Gasteiger partial charge is 0.487 e. The fourth-order valence-corrected chi connectivity index (χ4v) is 3.78. The molecule has 0 saturated carbocycles. The lowest BCUT2D eigenvalue weighted by atomic mass is 10.0. The Hall–Kier alpha value is -3.65. The quantitative estimate of drug-likeness (QED) is 0.480. The fraction of sp³-hybridized carbons (Fsp3) is 0.250.